The molecule has 2 fully saturated rings. The Hall–Kier alpha value is -2.78. The van der Waals surface area contributed by atoms with Gasteiger partial charge in [-0.15, -0.1) is 0 Å². The van der Waals surface area contributed by atoms with Crippen LogP contribution in [0, 0.1) is 11.3 Å². The number of hydrogen-bond donors (Lipinski definition) is 2. The molecule has 0 bridgehead atoms. The molecule has 0 radical (unpaired) electrons. The summed E-state index contributed by atoms with van der Waals surface area (Å²) in [6.07, 6.45) is -14.5. The monoisotopic (exact) mass is 518 g/mol. The van der Waals surface area contributed by atoms with Crippen LogP contribution in [0.15, 0.2) is 18.3 Å². The van der Waals surface area contributed by atoms with E-state index in [1.165, 1.54) is 18.3 Å². The van der Waals surface area contributed by atoms with Crippen LogP contribution in [-0.4, -0.2) is 68.1 Å². The van der Waals surface area contributed by atoms with Gasteiger partial charge in [-0.1, -0.05) is 0 Å². The number of carbonyl (C=O) groups is 2. The van der Waals surface area contributed by atoms with Crippen LogP contribution in [0.2, 0.25) is 0 Å². The van der Waals surface area contributed by atoms with E-state index in [1.54, 1.807) is 0 Å². The molecule has 3 rings (SSSR count). The molecule has 2 N–H and O–H groups in total. The highest BCUT2D eigenvalue weighted by atomic mass is 32.2. The van der Waals surface area contributed by atoms with Gasteiger partial charge in [0.05, 0.1) is 18.1 Å². The number of rotatable bonds is 5. The van der Waals surface area contributed by atoms with Gasteiger partial charge < -0.3 is 15.0 Å². The molecule has 16 heteroatoms. The first-order chi connectivity index (χ1) is 15.5. The second-order valence-corrected chi connectivity index (χ2v) is 10.00. The number of halogens is 6. The number of ether oxygens (including phenoxy) is 1. The Labute approximate surface area is 189 Å². The van der Waals surface area contributed by atoms with Gasteiger partial charge in [-0.2, -0.15) is 26.3 Å². The van der Waals surface area contributed by atoms with Crippen molar-refractivity contribution in [3.05, 3.63) is 18.3 Å². The fourth-order valence-corrected chi connectivity index (χ4v) is 4.35. The summed E-state index contributed by atoms with van der Waals surface area (Å²) in [5, 5.41) is 2.62. The van der Waals surface area contributed by atoms with Crippen LogP contribution in [-0.2, 0) is 19.6 Å². The molecule has 1 aromatic heterocycles. The Morgan fingerprint density at radius 3 is 2.21 bits per heavy atom. The highest BCUT2D eigenvalue weighted by Gasteiger charge is 2.61. The molecular weight excluding hydrogens is 498 g/mol. The number of piperidine rings is 1. The van der Waals surface area contributed by atoms with Crippen molar-refractivity contribution >= 4 is 33.5 Å². The van der Waals surface area contributed by atoms with Crippen LogP contribution in [0.5, 0.6) is 0 Å². The summed E-state index contributed by atoms with van der Waals surface area (Å²) >= 11 is 0. The summed E-state index contributed by atoms with van der Waals surface area (Å²) in [7, 11) is -3.52. The number of pyridine rings is 1. The van der Waals surface area contributed by atoms with Gasteiger partial charge in [0.2, 0.25) is 15.9 Å². The van der Waals surface area contributed by atoms with E-state index in [1.807, 2.05) is 0 Å². The normalized spacial score (nSPS) is 20.2. The van der Waals surface area contributed by atoms with E-state index in [0.29, 0.717) is 12.1 Å². The molecule has 1 spiro atoms. The van der Waals surface area contributed by atoms with Crippen molar-refractivity contribution in [2.75, 3.05) is 29.4 Å². The minimum Gasteiger partial charge on any atom is -0.426 e. The summed E-state index contributed by atoms with van der Waals surface area (Å²) in [4.78, 5) is 29.0. The van der Waals surface area contributed by atoms with E-state index in [-0.39, 0.29) is 37.7 Å². The van der Waals surface area contributed by atoms with Gasteiger partial charge in [0.1, 0.15) is 5.82 Å². The molecule has 2 amide bonds. The Bertz CT molecular complexity index is 1020. The van der Waals surface area contributed by atoms with E-state index in [9.17, 15) is 44.3 Å². The van der Waals surface area contributed by atoms with E-state index >= 15 is 0 Å². The fourth-order valence-electron chi connectivity index (χ4n) is 3.85. The van der Waals surface area contributed by atoms with E-state index in [0.717, 1.165) is 11.2 Å². The number of likely N-dealkylation sites (tertiary alicyclic amines) is 1. The van der Waals surface area contributed by atoms with Crippen molar-refractivity contribution in [1.29, 1.82) is 0 Å². The third kappa shape index (κ3) is 6.21. The second kappa shape index (κ2) is 8.78. The van der Waals surface area contributed by atoms with E-state index in [4.69, 9.17) is 0 Å². The summed E-state index contributed by atoms with van der Waals surface area (Å²) in [5.74, 6) is -0.769. The van der Waals surface area contributed by atoms with Gasteiger partial charge in [0.15, 0.2) is 0 Å². The molecule has 34 heavy (non-hydrogen) atoms. The van der Waals surface area contributed by atoms with Crippen LogP contribution in [0.1, 0.15) is 19.3 Å². The molecule has 9 nitrogen and oxygen atoms in total. The van der Waals surface area contributed by atoms with Crippen LogP contribution in [0.25, 0.3) is 0 Å². The number of nitrogens with zero attached hydrogens (tertiary/aromatic N) is 2. The molecule has 190 valence electrons. The molecule has 1 aliphatic heterocycles. The molecule has 1 atom stereocenters. The quantitative estimate of drug-likeness (QED) is 0.579. The third-order valence-electron chi connectivity index (χ3n) is 5.66. The van der Waals surface area contributed by atoms with Gasteiger partial charge in [-0.05, 0) is 36.8 Å². The third-order valence-corrected chi connectivity index (χ3v) is 6.24. The van der Waals surface area contributed by atoms with Crippen molar-refractivity contribution in [1.82, 2.24) is 9.88 Å². The van der Waals surface area contributed by atoms with Crippen LogP contribution in [0.4, 0.5) is 42.6 Å². The zero-order valence-corrected chi connectivity index (χ0v) is 18.4. The number of anilines is 2. The van der Waals surface area contributed by atoms with Crippen LogP contribution in [0.3, 0.4) is 0 Å². The average Bonchev–Trinajstić information content (AvgIpc) is 3.38. The first-order valence-electron chi connectivity index (χ1n) is 9.84. The zero-order chi connectivity index (χ0) is 25.5. The lowest BCUT2D eigenvalue weighted by molar-refractivity contribution is -0.308. The van der Waals surface area contributed by atoms with Crippen LogP contribution < -0.4 is 10.0 Å². The first-order valence-corrected chi connectivity index (χ1v) is 11.7. The molecule has 1 aliphatic carbocycles. The van der Waals surface area contributed by atoms with Gasteiger partial charge in [0.25, 0.3) is 6.10 Å². The number of sulfonamides is 1. The molecule has 0 aromatic carbocycles. The lowest BCUT2D eigenvalue weighted by Crippen LogP contribution is -2.49. The smallest absolute Gasteiger partial charge is 0.426 e. The lowest BCUT2D eigenvalue weighted by Gasteiger charge is -2.33. The number of aromatic nitrogens is 1. The number of carbonyl (C=O) groups excluding carboxylic acids is 2. The van der Waals surface area contributed by atoms with Gasteiger partial charge in [0, 0.05) is 19.0 Å². The predicted molar refractivity (Wildman–Crippen MR) is 105 cm³/mol. The SMILES string of the molecule is CS(=O)(=O)Nc1ccc(NC(=O)C2CC23CCN(C(=O)OC(C(F)(F)F)C(F)(F)F)CC3)cn1. The number of alkyl halides is 6. The maximum Gasteiger partial charge on any atom is 0.434 e. The summed E-state index contributed by atoms with van der Waals surface area (Å²) in [6, 6.07) is 2.78. The Morgan fingerprint density at radius 1 is 1.15 bits per heavy atom. The minimum atomic E-state index is -5.79. The molecule has 1 saturated heterocycles. The molecule has 1 saturated carbocycles. The highest BCUT2D eigenvalue weighted by molar-refractivity contribution is 7.92. The predicted octanol–water partition coefficient (Wildman–Crippen LogP) is 3.12. The summed E-state index contributed by atoms with van der Waals surface area (Å²) in [6.45, 7) is -0.309. The molecular formula is C18H20F6N4O5S. The number of hydrogen-bond acceptors (Lipinski definition) is 6. The van der Waals surface area contributed by atoms with Crippen molar-refractivity contribution < 1.29 is 49.1 Å². The largest absolute Gasteiger partial charge is 0.434 e. The highest BCUT2D eigenvalue weighted by Crippen LogP contribution is 2.59. The standard InChI is InChI=1S/C18H20F6N4O5S/c1-34(31,32)27-12-3-2-10(9-25-12)26-13(29)11-8-16(11)4-6-28(7-5-16)15(30)33-14(17(19,20)21)18(22,23)24/h2-3,9,11,14H,4-8H2,1H3,(H,25,27)(H,26,29). The van der Waals surface area contributed by atoms with Gasteiger partial charge >= 0.3 is 18.4 Å². The zero-order valence-electron chi connectivity index (χ0n) is 17.5. The van der Waals surface area contributed by atoms with Gasteiger partial charge in [-0.25, -0.2) is 18.2 Å². The van der Waals surface area contributed by atoms with E-state index < -0.39 is 45.9 Å². The Morgan fingerprint density at radius 2 is 1.74 bits per heavy atom. The minimum absolute atomic E-state index is 0.0564. The van der Waals surface area contributed by atoms with Crippen molar-refractivity contribution in [3.63, 3.8) is 0 Å². The first kappa shape index (κ1) is 25.8. The lowest BCUT2D eigenvalue weighted by atomic mass is 9.91. The van der Waals surface area contributed by atoms with Crippen molar-refractivity contribution in [2.24, 2.45) is 11.3 Å². The summed E-state index contributed by atoms with van der Waals surface area (Å²) in [5.41, 5.74) is -0.211. The van der Waals surface area contributed by atoms with Crippen LogP contribution >= 0.6 is 0 Å². The van der Waals surface area contributed by atoms with Crippen molar-refractivity contribution in [2.45, 2.75) is 37.7 Å². The van der Waals surface area contributed by atoms with Crippen molar-refractivity contribution in [3.8, 4) is 0 Å². The second-order valence-electron chi connectivity index (χ2n) is 8.25. The number of amides is 2. The maximum atomic E-state index is 12.6. The topological polar surface area (TPSA) is 118 Å². The molecule has 2 aliphatic rings. The fraction of sp³-hybridized carbons (Fsp3) is 0.611. The number of nitrogens with one attached hydrogen (secondary N) is 2. The van der Waals surface area contributed by atoms with E-state index in [2.05, 4.69) is 19.8 Å². The molecule has 2 heterocycles. The Balaban J connectivity index is 1.52. The van der Waals surface area contributed by atoms with Gasteiger partial charge in [-0.3, -0.25) is 9.52 Å². The average molecular weight is 518 g/mol. The summed E-state index contributed by atoms with van der Waals surface area (Å²) < 4.78 is 104. The molecule has 1 unspecified atom stereocenters. The molecule has 1 aromatic rings. The maximum absolute atomic E-state index is 12.6. The Kier molecular flexibility index (Phi) is 6.67.